The summed E-state index contributed by atoms with van der Waals surface area (Å²) in [6, 6.07) is 10.4. The molecule has 0 saturated carbocycles. The molecule has 0 aliphatic carbocycles. The van der Waals surface area contributed by atoms with Crippen molar-refractivity contribution in [2.45, 2.75) is 52.1 Å². The number of likely N-dealkylation sites (N-methyl/N-ethyl adjacent to an activating group) is 1. The lowest BCUT2D eigenvalue weighted by molar-refractivity contribution is -0.136. The lowest BCUT2D eigenvalue weighted by Gasteiger charge is -2.31. The number of hydrogen-bond donors (Lipinski definition) is 0. The molecule has 0 bridgehead atoms. The summed E-state index contributed by atoms with van der Waals surface area (Å²) >= 11 is 0. The second-order valence-corrected chi connectivity index (χ2v) is 6.69. The Morgan fingerprint density at radius 1 is 1.27 bits per heavy atom. The first-order valence-electron chi connectivity index (χ1n) is 8.64. The quantitative estimate of drug-likeness (QED) is 0.830. The highest BCUT2D eigenvalue weighted by Crippen LogP contribution is 2.19. The van der Waals surface area contributed by atoms with Crippen molar-refractivity contribution in [1.82, 2.24) is 9.80 Å². The van der Waals surface area contributed by atoms with Gasteiger partial charge < -0.3 is 4.90 Å². The topological polar surface area (TPSA) is 23.6 Å². The molecule has 1 amide bonds. The van der Waals surface area contributed by atoms with Gasteiger partial charge in [0.1, 0.15) is 0 Å². The number of likely N-dealkylation sites (tertiary alicyclic amines) is 1. The van der Waals surface area contributed by atoms with E-state index in [-0.39, 0.29) is 6.04 Å². The molecule has 122 valence electrons. The normalized spacial score (nSPS) is 20.7. The monoisotopic (exact) mass is 302 g/mol. The molecule has 0 radical (unpaired) electrons. The van der Waals surface area contributed by atoms with Gasteiger partial charge >= 0.3 is 0 Å². The maximum absolute atomic E-state index is 12.9. The zero-order valence-corrected chi connectivity index (χ0v) is 14.3. The van der Waals surface area contributed by atoms with Crippen LogP contribution in [0.25, 0.3) is 0 Å². The van der Waals surface area contributed by atoms with Crippen molar-refractivity contribution in [3.63, 3.8) is 0 Å². The maximum atomic E-state index is 12.9. The van der Waals surface area contributed by atoms with Crippen LogP contribution in [0, 0.1) is 5.92 Å². The van der Waals surface area contributed by atoms with E-state index in [0.29, 0.717) is 5.91 Å². The van der Waals surface area contributed by atoms with E-state index in [4.69, 9.17) is 0 Å². The van der Waals surface area contributed by atoms with Gasteiger partial charge in [0, 0.05) is 19.6 Å². The highest BCUT2D eigenvalue weighted by molar-refractivity contribution is 5.81. The van der Waals surface area contributed by atoms with Gasteiger partial charge in [-0.05, 0) is 44.2 Å². The van der Waals surface area contributed by atoms with E-state index >= 15 is 0 Å². The van der Waals surface area contributed by atoms with Crippen LogP contribution in [0.1, 0.15) is 45.1 Å². The Bertz CT molecular complexity index is 460. The summed E-state index contributed by atoms with van der Waals surface area (Å²) in [4.78, 5) is 17.2. The van der Waals surface area contributed by atoms with Gasteiger partial charge in [0.25, 0.3) is 0 Å². The Labute approximate surface area is 135 Å². The Kier molecular flexibility index (Phi) is 6.44. The molecule has 3 nitrogen and oxygen atoms in total. The first kappa shape index (κ1) is 17.0. The molecular weight excluding hydrogens is 272 g/mol. The van der Waals surface area contributed by atoms with Crippen LogP contribution in [0.2, 0.25) is 0 Å². The number of amides is 1. The highest BCUT2D eigenvalue weighted by atomic mass is 16.2. The summed E-state index contributed by atoms with van der Waals surface area (Å²) in [6.07, 6.45) is 4.41. The lowest BCUT2D eigenvalue weighted by atomic mass is 10.0. The largest absolute Gasteiger partial charge is 0.341 e. The molecule has 0 aromatic heterocycles. The second-order valence-electron chi connectivity index (χ2n) is 6.69. The number of benzene rings is 1. The Morgan fingerprint density at radius 3 is 2.68 bits per heavy atom. The van der Waals surface area contributed by atoms with E-state index in [2.05, 4.69) is 55.0 Å². The molecule has 0 N–H and O–H groups in total. The van der Waals surface area contributed by atoms with Gasteiger partial charge in [-0.3, -0.25) is 9.69 Å². The molecule has 1 saturated heterocycles. The third kappa shape index (κ3) is 4.57. The molecule has 1 aliphatic rings. The predicted molar refractivity (Wildman–Crippen MR) is 91.6 cm³/mol. The van der Waals surface area contributed by atoms with Gasteiger partial charge in [-0.25, -0.2) is 0 Å². The Balaban J connectivity index is 1.98. The van der Waals surface area contributed by atoms with Gasteiger partial charge in [-0.1, -0.05) is 44.2 Å². The Hall–Kier alpha value is -1.35. The average Bonchev–Trinajstić information content (AvgIpc) is 2.73. The minimum absolute atomic E-state index is 0.00591. The molecule has 1 fully saturated rings. The first-order chi connectivity index (χ1) is 10.6. The predicted octanol–water partition coefficient (Wildman–Crippen LogP) is 3.55. The van der Waals surface area contributed by atoms with E-state index in [0.717, 1.165) is 44.8 Å². The van der Waals surface area contributed by atoms with Crippen molar-refractivity contribution in [2.24, 2.45) is 5.92 Å². The number of hydrogen-bond acceptors (Lipinski definition) is 2. The minimum atomic E-state index is -0.00591. The van der Waals surface area contributed by atoms with E-state index in [1.165, 1.54) is 12.0 Å². The first-order valence-corrected chi connectivity index (χ1v) is 8.64. The number of nitrogens with zero attached hydrogens (tertiary/aromatic N) is 2. The van der Waals surface area contributed by atoms with Crippen LogP contribution in [0.5, 0.6) is 0 Å². The molecule has 1 heterocycles. The third-order valence-corrected chi connectivity index (χ3v) is 4.81. The van der Waals surface area contributed by atoms with Crippen molar-refractivity contribution in [2.75, 3.05) is 20.1 Å². The van der Waals surface area contributed by atoms with Crippen LogP contribution >= 0.6 is 0 Å². The van der Waals surface area contributed by atoms with Gasteiger partial charge in [-0.2, -0.15) is 0 Å². The number of carbonyl (C=O) groups is 1. The molecule has 1 aliphatic heterocycles. The summed E-state index contributed by atoms with van der Waals surface area (Å²) in [7, 11) is 2.07. The molecule has 3 heteroatoms. The highest BCUT2D eigenvalue weighted by Gasteiger charge is 2.27. The van der Waals surface area contributed by atoms with Crippen LogP contribution in [-0.2, 0) is 11.3 Å². The van der Waals surface area contributed by atoms with Crippen molar-refractivity contribution < 1.29 is 4.79 Å². The summed E-state index contributed by atoms with van der Waals surface area (Å²) in [5.41, 5.74) is 1.26. The van der Waals surface area contributed by atoms with Crippen molar-refractivity contribution >= 4 is 5.91 Å². The molecule has 1 aromatic carbocycles. The third-order valence-electron chi connectivity index (χ3n) is 4.81. The Morgan fingerprint density at radius 2 is 2.00 bits per heavy atom. The van der Waals surface area contributed by atoms with Gasteiger partial charge in [0.15, 0.2) is 0 Å². The lowest BCUT2D eigenvalue weighted by Crippen LogP contribution is -2.47. The fourth-order valence-corrected chi connectivity index (χ4v) is 3.35. The standard InChI is InChI=1S/C19H30N2O/c1-4-18(20(3)15-17-10-6-5-7-11-17)19(22)21-13-8-9-16(2)12-14-21/h5-7,10-11,16,18H,4,8-9,12-15H2,1-3H3/t16-,18-/m1/s1. The molecular formula is C19H30N2O. The SMILES string of the molecule is CC[C@H](C(=O)N1CCC[C@@H](C)CC1)N(C)Cc1ccccc1. The number of rotatable bonds is 5. The van der Waals surface area contributed by atoms with Gasteiger partial charge in [0.2, 0.25) is 5.91 Å². The van der Waals surface area contributed by atoms with Gasteiger partial charge in [-0.15, -0.1) is 0 Å². The van der Waals surface area contributed by atoms with Crippen LogP contribution < -0.4 is 0 Å². The summed E-state index contributed by atoms with van der Waals surface area (Å²) < 4.78 is 0. The summed E-state index contributed by atoms with van der Waals surface area (Å²) in [5, 5.41) is 0. The molecule has 2 rings (SSSR count). The maximum Gasteiger partial charge on any atom is 0.239 e. The minimum Gasteiger partial charge on any atom is -0.341 e. The van der Waals surface area contributed by atoms with Crippen LogP contribution in [-0.4, -0.2) is 41.9 Å². The molecule has 0 unspecified atom stereocenters. The fraction of sp³-hybridized carbons (Fsp3) is 0.632. The van der Waals surface area contributed by atoms with Gasteiger partial charge in [0.05, 0.1) is 6.04 Å². The molecule has 0 spiro atoms. The summed E-state index contributed by atoms with van der Waals surface area (Å²) in [6.45, 7) is 7.10. The molecule has 22 heavy (non-hydrogen) atoms. The molecule has 2 atom stereocenters. The summed E-state index contributed by atoms with van der Waals surface area (Å²) in [5.74, 6) is 1.06. The zero-order chi connectivity index (χ0) is 15.9. The van der Waals surface area contributed by atoms with E-state index in [1.807, 2.05) is 6.07 Å². The van der Waals surface area contributed by atoms with E-state index < -0.39 is 0 Å². The van der Waals surface area contributed by atoms with Crippen molar-refractivity contribution in [3.8, 4) is 0 Å². The average molecular weight is 302 g/mol. The van der Waals surface area contributed by atoms with Crippen LogP contribution in [0.4, 0.5) is 0 Å². The smallest absolute Gasteiger partial charge is 0.239 e. The number of carbonyl (C=O) groups excluding carboxylic acids is 1. The van der Waals surface area contributed by atoms with Crippen LogP contribution in [0.15, 0.2) is 30.3 Å². The van der Waals surface area contributed by atoms with Crippen molar-refractivity contribution in [1.29, 1.82) is 0 Å². The second kappa shape index (κ2) is 8.33. The zero-order valence-electron chi connectivity index (χ0n) is 14.3. The molecule has 1 aromatic rings. The van der Waals surface area contributed by atoms with Crippen LogP contribution in [0.3, 0.4) is 0 Å². The fourth-order valence-electron chi connectivity index (χ4n) is 3.35. The van der Waals surface area contributed by atoms with E-state index in [9.17, 15) is 4.79 Å². The van der Waals surface area contributed by atoms with E-state index in [1.54, 1.807) is 0 Å². The van der Waals surface area contributed by atoms with Crippen molar-refractivity contribution in [3.05, 3.63) is 35.9 Å².